The third-order valence-electron chi connectivity index (χ3n) is 2.31. The number of methoxy groups -OCH3 is 1. The Bertz CT molecular complexity index is 408. The van der Waals surface area contributed by atoms with Crippen molar-refractivity contribution in [1.82, 2.24) is 0 Å². The summed E-state index contributed by atoms with van der Waals surface area (Å²) in [5.74, 6) is 0. The van der Waals surface area contributed by atoms with Crippen LogP contribution >= 0.6 is 23.2 Å². The minimum absolute atomic E-state index is 0.152. The number of hydrogen-bond acceptors (Lipinski definition) is 4. The lowest BCUT2D eigenvalue weighted by molar-refractivity contribution is -0.0407. The second kappa shape index (κ2) is 8.22. The fraction of sp³-hybridized carbons (Fsp3) is 0.417. The van der Waals surface area contributed by atoms with E-state index in [4.69, 9.17) is 43.1 Å². The average molecular weight is 308 g/mol. The molecule has 1 amide bonds. The van der Waals surface area contributed by atoms with Crippen LogP contribution in [0.2, 0.25) is 10.0 Å². The molecule has 1 rings (SSSR count). The molecule has 0 saturated heterocycles. The molecule has 1 aromatic carbocycles. The van der Waals surface area contributed by atoms with E-state index in [9.17, 15) is 4.79 Å². The van der Waals surface area contributed by atoms with Gasteiger partial charge in [-0.2, -0.15) is 0 Å². The Balaban J connectivity index is 2.80. The first kappa shape index (κ1) is 16.0. The van der Waals surface area contributed by atoms with Crippen LogP contribution in [0.3, 0.4) is 0 Å². The first-order chi connectivity index (χ1) is 9.06. The van der Waals surface area contributed by atoms with Gasteiger partial charge in [-0.1, -0.05) is 29.3 Å². The average Bonchev–Trinajstić information content (AvgIpc) is 2.33. The van der Waals surface area contributed by atoms with Gasteiger partial charge >= 0.3 is 6.09 Å². The second-order valence-electron chi connectivity index (χ2n) is 3.66. The van der Waals surface area contributed by atoms with Crippen molar-refractivity contribution in [3.8, 4) is 0 Å². The highest BCUT2D eigenvalue weighted by Gasteiger charge is 2.21. The van der Waals surface area contributed by atoms with Gasteiger partial charge in [0, 0.05) is 29.1 Å². The highest BCUT2D eigenvalue weighted by Crippen LogP contribution is 2.34. The first-order valence-corrected chi connectivity index (χ1v) is 6.28. The van der Waals surface area contributed by atoms with Crippen molar-refractivity contribution in [3.05, 3.63) is 33.8 Å². The number of nitrogens with two attached hydrogens (primary N) is 1. The molecule has 0 aromatic heterocycles. The van der Waals surface area contributed by atoms with Crippen LogP contribution in [0.5, 0.6) is 0 Å². The van der Waals surface area contributed by atoms with Crippen molar-refractivity contribution in [2.45, 2.75) is 12.5 Å². The van der Waals surface area contributed by atoms with Gasteiger partial charge in [-0.05, 0) is 12.1 Å². The molecule has 0 bridgehead atoms. The summed E-state index contributed by atoms with van der Waals surface area (Å²) in [6, 6.07) is 5.03. The van der Waals surface area contributed by atoms with E-state index in [0.717, 1.165) is 0 Å². The Labute approximate surface area is 121 Å². The van der Waals surface area contributed by atoms with E-state index >= 15 is 0 Å². The molecule has 0 heterocycles. The van der Waals surface area contributed by atoms with Crippen molar-refractivity contribution in [2.75, 3.05) is 20.5 Å². The van der Waals surface area contributed by atoms with Gasteiger partial charge < -0.3 is 19.9 Å². The van der Waals surface area contributed by atoms with Crippen LogP contribution in [0.15, 0.2) is 18.2 Å². The molecule has 1 atom stereocenters. The molecule has 0 aliphatic heterocycles. The maximum Gasteiger partial charge on any atom is 0.405 e. The summed E-state index contributed by atoms with van der Waals surface area (Å²) in [6.45, 7) is 0.465. The van der Waals surface area contributed by atoms with E-state index in [1.54, 1.807) is 18.2 Å². The maximum absolute atomic E-state index is 10.9. The Kier molecular flexibility index (Phi) is 6.94. The Hall–Kier alpha value is -1.01. The number of carbonyl (C=O) groups is 1. The van der Waals surface area contributed by atoms with Crippen LogP contribution in [0.25, 0.3) is 0 Å². The van der Waals surface area contributed by atoms with Crippen molar-refractivity contribution in [3.63, 3.8) is 0 Å². The quantitative estimate of drug-likeness (QED) is 0.620. The summed E-state index contributed by atoms with van der Waals surface area (Å²) in [4.78, 5) is 10.9. The second-order valence-corrected chi connectivity index (χ2v) is 4.48. The normalized spacial score (nSPS) is 12.2. The molecule has 0 radical (unpaired) electrons. The molecule has 0 unspecified atom stereocenters. The first-order valence-electron chi connectivity index (χ1n) is 5.53. The molecule has 1 aromatic rings. The molecular formula is C12H15Cl2NO4. The summed E-state index contributed by atoms with van der Waals surface area (Å²) in [6.07, 6.45) is -1.18. The number of benzene rings is 1. The smallest absolute Gasteiger partial charge is 0.405 e. The topological polar surface area (TPSA) is 70.8 Å². The minimum Gasteiger partial charge on any atom is -0.441 e. The summed E-state index contributed by atoms with van der Waals surface area (Å²) in [7, 11) is 1.52. The fourth-order valence-electron chi connectivity index (χ4n) is 1.55. The van der Waals surface area contributed by atoms with Crippen LogP contribution in [-0.4, -0.2) is 26.6 Å². The summed E-state index contributed by atoms with van der Waals surface area (Å²) < 4.78 is 14.9. The van der Waals surface area contributed by atoms with Gasteiger partial charge in [0.25, 0.3) is 0 Å². The van der Waals surface area contributed by atoms with E-state index in [2.05, 4.69) is 0 Å². The lowest BCUT2D eigenvalue weighted by atomic mass is 10.1. The maximum atomic E-state index is 10.9. The van der Waals surface area contributed by atoms with Gasteiger partial charge in [0.1, 0.15) is 12.9 Å². The molecule has 0 aliphatic rings. The number of rotatable bonds is 7. The minimum atomic E-state index is -0.896. The molecular weight excluding hydrogens is 293 g/mol. The van der Waals surface area contributed by atoms with Gasteiger partial charge in [0.05, 0.1) is 6.61 Å². The van der Waals surface area contributed by atoms with Gasteiger partial charge in [0.15, 0.2) is 0 Å². The molecule has 19 heavy (non-hydrogen) atoms. The van der Waals surface area contributed by atoms with Crippen LogP contribution < -0.4 is 5.73 Å². The van der Waals surface area contributed by atoms with Crippen molar-refractivity contribution in [1.29, 1.82) is 0 Å². The Morgan fingerprint density at radius 2 is 2.00 bits per heavy atom. The fourth-order valence-corrected chi connectivity index (χ4v) is 2.19. The number of ether oxygens (including phenoxy) is 3. The van der Waals surface area contributed by atoms with E-state index in [0.29, 0.717) is 28.6 Å². The van der Waals surface area contributed by atoms with Crippen LogP contribution in [0.1, 0.15) is 18.1 Å². The third-order valence-corrected chi connectivity index (χ3v) is 2.96. The van der Waals surface area contributed by atoms with Gasteiger partial charge in [-0.15, -0.1) is 0 Å². The Morgan fingerprint density at radius 1 is 1.37 bits per heavy atom. The molecule has 0 aliphatic carbocycles. The zero-order valence-corrected chi connectivity index (χ0v) is 11.9. The van der Waals surface area contributed by atoms with Gasteiger partial charge in [-0.3, -0.25) is 0 Å². The number of amides is 1. The largest absolute Gasteiger partial charge is 0.441 e. The monoisotopic (exact) mass is 307 g/mol. The number of primary amides is 1. The summed E-state index contributed by atoms with van der Waals surface area (Å²) in [5, 5.41) is 0.816. The predicted molar refractivity (Wildman–Crippen MR) is 72.3 cm³/mol. The van der Waals surface area contributed by atoms with Gasteiger partial charge in [-0.25, -0.2) is 4.79 Å². The number of halogens is 2. The van der Waals surface area contributed by atoms with E-state index in [-0.39, 0.29) is 6.79 Å². The standard InChI is InChI=1S/C12H15Cl2NO4/c1-17-7-18-6-5-10(19-12(15)16)11-8(13)3-2-4-9(11)14/h2-4,10H,5-7H2,1H3,(H2,15,16)/t10-/m0/s1. The van der Waals surface area contributed by atoms with Crippen LogP contribution in [0.4, 0.5) is 4.79 Å². The highest BCUT2D eigenvalue weighted by molar-refractivity contribution is 6.36. The lowest BCUT2D eigenvalue weighted by Crippen LogP contribution is -2.19. The van der Waals surface area contributed by atoms with E-state index in [1.807, 2.05) is 0 Å². The molecule has 106 valence electrons. The zero-order valence-electron chi connectivity index (χ0n) is 10.4. The molecule has 7 heteroatoms. The molecule has 0 spiro atoms. The predicted octanol–water partition coefficient (Wildman–Crippen LogP) is 3.14. The summed E-state index contributed by atoms with van der Waals surface area (Å²) in [5.41, 5.74) is 5.57. The molecule has 5 nitrogen and oxygen atoms in total. The van der Waals surface area contributed by atoms with Gasteiger partial charge in [0.2, 0.25) is 0 Å². The molecule has 2 N–H and O–H groups in total. The van der Waals surface area contributed by atoms with Crippen molar-refractivity contribution in [2.24, 2.45) is 5.73 Å². The third kappa shape index (κ3) is 5.24. The van der Waals surface area contributed by atoms with Crippen molar-refractivity contribution < 1.29 is 19.0 Å². The summed E-state index contributed by atoms with van der Waals surface area (Å²) >= 11 is 12.1. The number of carbonyl (C=O) groups excluding carboxylic acids is 1. The van der Waals surface area contributed by atoms with Crippen LogP contribution in [-0.2, 0) is 14.2 Å². The zero-order chi connectivity index (χ0) is 14.3. The van der Waals surface area contributed by atoms with Crippen LogP contribution in [0, 0.1) is 0 Å². The SMILES string of the molecule is COCOCC[C@H](OC(N)=O)c1c(Cl)cccc1Cl. The van der Waals surface area contributed by atoms with E-state index < -0.39 is 12.2 Å². The lowest BCUT2D eigenvalue weighted by Gasteiger charge is -2.19. The van der Waals surface area contributed by atoms with Crippen molar-refractivity contribution >= 4 is 29.3 Å². The Morgan fingerprint density at radius 3 is 2.53 bits per heavy atom. The molecule has 0 fully saturated rings. The van der Waals surface area contributed by atoms with E-state index in [1.165, 1.54) is 7.11 Å². The number of hydrogen-bond donors (Lipinski definition) is 1. The molecule has 0 saturated carbocycles. The highest BCUT2D eigenvalue weighted by atomic mass is 35.5.